The molecule has 3 aromatic carbocycles. The Hall–Kier alpha value is -3.24. The van der Waals surface area contributed by atoms with Crippen molar-refractivity contribution in [3.8, 4) is 0 Å². The molecule has 5 aromatic rings. The Kier molecular flexibility index (Phi) is 5.87. The van der Waals surface area contributed by atoms with E-state index in [1.807, 2.05) is 71.4 Å². The van der Waals surface area contributed by atoms with Gasteiger partial charge >= 0.3 is 193 Å². The monoisotopic (exact) mass is 486 g/mol. The van der Waals surface area contributed by atoms with Crippen LogP contribution < -0.4 is 4.46 Å². The first-order valence-corrected chi connectivity index (χ1v) is 12.2. The maximum atomic E-state index is 13.6. The van der Waals surface area contributed by atoms with E-state index < -0.39 is 0 Å². The molecule has 5 rings (SSSR count). The number of hydrogen-bond acceptors (Lipinski definition) is 3. The molecule has 0 saturated heterocycles. The van der Waals surface area contributed by atoms with E-state index >= 15 is 0 Å². The molecule has 2 heterocycles. The molecular formula is C27H22N2O2Se. The molecule has 0 amide bonds. The Bertz CT molecular complexity index is 1410. The summed E-state index contributed by atoms with van der Waals surface area (Å²) in [6, 6.07) is 28.4. The standard InChI is InChI=1S/C27H22N2O2Se/c1-31-18-29-25-14-8-6-12-22(25)23(26(29)27(30)32-21-10-3-2-4-11-21)16-19-15-20-9-5-7-13-24(20)28-17-19/h2-15,17H,16,18H2,1H3. The summed E-state index contributed by atoms with van der Waals surface area (Å²) in [5.41, 5.74) is 4.86. The second-order valence-electron chi connectivity index (χ2n) is 7.61. The summed E-state index contributed by atoms with van der Waals surface area (Å²) < 4.78 is 8.74. The summed E-state index contributed by atoms with van der Waals surface area (Å²) in [6.07, 6.45) is 2.56. The van der Waals surface area contributed by atoms with Crippen molar-refractivity contribution in [2.75, 3.05) is 7.11 Å². The van der Waals surface area contributed by atoms with Gasteiger partial charge in [0.05, 0.1) is 0 Å². The van der Waals surface area contributed by atoms with Gasteiger partial charge in [-0.15, -0.1) is 0 Å². The Morgan fingerprint density at radius 2 is 1.72 bits per heavy atom. The fraction of sp³-hybridized carbons (Fsp3) is 0.111. The molecule has 32 heavy (non-hydrogen) atoms. The van der Waals surface area contributed by atoms with Crippen LogP contribution in [0.4, 0.5) is 0 Å². The predicted molar refractivity (Wildman–Crippen MR) is 130 cm³/mol. The number of rotatable bonds is 7. The topological polar surface area (TPSA) is 44.1 Å². The number of para-hydroxylation sites is 2. The van der Waals surface area contributed by atoms with Crippen LogP contribution in [-0.2, 0) is 17.9 Å². The molecule has 0 unspecified atom stereocenters. The number of carbonyl (C=O) groups excluding carboxylic acids is 1. The van der Waals surface area contributed by atoms with Crippen LogP contribution in [0.25, 0.3) is 21.8 Å². The molecule has 158 valence electrons. The quantitative estimate of drug-likeness (QED) is 0.318. The molecule has 0 radical (unpaired) electrons. The molecule has 0 aliphatic rings. The number of aromatic nitrogens is 2. The van der Waals surface area contributed by atoms with Crippen molar-refractivity contribution in [2.45, 2.75) is 13.2 Å². The SMILES string of the molecule is COCn1c(C(=O)[Se]c2ccccc2)c(Cc2cnc3ccccc3c2)c2ccccc21. The van der Waals surface area contributed by atoms with Crippen LogP contribution in [-0.4, -0.2) is 36.3 Å². The Balaban J connectivity index is 1.64. The van der Waals surface area contributed by atoms with Crippen LogP contribution in [0.5, 0.6) is 0 Å². The summed E-state index contributed by atoms with van der Waals surface area (Å²) in [5, 5.41) is 2.19. The third-order valence-corrected chi connectivity index (χ3v) is 7.37. The third-order valence-electron chi connectivity index (χ3n) is 5.51. The number of nitrogens with zero attached hydrogens (tertiary/aromatic N) is 2. The first-order valence-electron chi connectivity index (χ1n) is 10.4. The van der Waals surface area contributed by atoms with Crippen molar-refractivity contribution < 1.29 is 9.53 Å². The summed E-state index contributed by atoms with van der Waals surface area (Å²) in [6.45, 7) is 0.336. The van der Waals surface area contributed by atoms with Crippen molar-refractivity contribution in [3.63, 3.8) is 0 Å². The zero-order chi connectivity index (χ0) is 21.9. The molecular weight excluding hydrogens is 463 g/mol. The molecule has 0 N–H and O–H groups in total. The summed E-state index contributed by atoms with van der Waals surface area (Å²) in [5.74, 6) is 0. The third kappa shape index (κ3) is 3.98. The molecule has 0 aliphatic heterocycles. The Morgan fingerprint density at radius 1 is 0.969 bits per heavy atom. The zero-order valence-electron chi connectivity index (χ0n) is 17.7. The van der Waals surface area contributed by atoms with E-state index in [1.54, 1.807) is 7.11 Å². The van der Waals surface area contributed by atoms with Crippen LogP contribution in [0.3, 0.4) is 0 Å². The molecule has 2 aromatic heterocycles. The van der Waals surface area contributed by atoms with Crippen LogP contribution in [0.1, 0.15) is 21.6 Å². The van der Waals surface area contributed by atoms with E-state index in [-0.39, 0.29) is 19.6 Å². The average Bonchev–Trinajstić information content (AvgIpc) is 3.13. The molecule has 0 saturated carbocycles. The van der Waals surface area contributed by atoms with E-state index in [4.69, 9.17) is 4.74 Å². The van der Waals surface area contributed by atoms with Crippen LogP contribution in [0.2, 0.25) is 0 Å². The van der Waals surface area contributed by atoms with Gasteiger partial charge in [0.1, 0.15) is 0 Å². The van der Waals surface area contributed by atoms with E-state index in [0.29, 0.717) is 13.2 Å². The summed E-state index contributed by atoms with van der Waals surface area (Å²) in [7, 11) is 1.66. The van der Waals surface area contributed by atoms with Crippen molar-refractivity contribution in [1.82, 2.24) is 9.55 Å². The van der Waals surface area contributed by atoms with Crippen molar-refractivity contribution >= 4 is 45.9 Å². The number of ether oxygens (including phenoxy) is 1. The summed E-state index contributed by atoms with van der Waals surface area (Å²) >= 11 is -0.322. The van der Waals surface area contributed by atoms with E-state index in [0.717, 1.165) is 43.1 Å². The number of benzene rings is 3. The van der Waals surface area contributed by atoms with Gasteiger partial charge < -0.3 is 0 Å². The van der Waals surface area contributed by atoms with Crippen LogP contribution >= 0.6 is 0 Å². The zero-order valence-corrected chi connectivity index (χ0v) is 19.4. The van der Waals surface area contributed by atoms with Crippen LogP contribution in [0.15, 0.2) is 91.1 Å². The molecule has 0 atom stereocenters. The Labute approximate surface area is 193 Å². The number of fused-ring (bicyclic) bond motifs is 2. The predicted octanol–water partition coefficient (Wildman–Crippen LogP) is 4.55. The van der Waals surface area contributed by atoms with Gasteiger partial charge in [-0.2, -0.15) is 0 Å². The fourth-order valence-electron chi connectivity index (χ4n) is 4.11. The first-order chi connectivity index (χ1) is 15.7. The molecule has 0 spiro atoms. The van der Waals surface area contributed by atoms with Gasteiger partial charge in [-0.1, -0.05) is 0 Å². The first kappa shape index (κ1) is 20.7. The second-order valence-corrected chi connectivity index (χ2v) is 9.80. The van der Waals surface area contributed by atoms with Gasteiger partial charge in [0.15, 0.2) is 0 Å². The second kappa shape index (κ2) is 9.09. The normalized spacial score (nSPS) is 11.3. The molecule has 0 bridgehead atoms. The number of carbonyl (C=O) groups is 1. The Morgan fingerprint density at radius 3 is 2.56 bits per heavy atom. The van der Waals surface area contributed by atoms with E-state index in [2.05, 4.69) is 29.2 Å². The average molecular weight is 485 g/mol. The van der Waals surface area contributed by atoms with Gasteiger partial charge in [-0.3, -0.25) is 0 Å². The number of hydrogen-bond donors (Lipinski definition) is 0. The fourth-order valence-corrected chi connectivity index (χ4v) is 5.87. The van der Waals surface area contributed by atoms with Crippen molar-refractivity contribution in [1.29, 1.82) is 0 Å². The van der Waals surface area contributed by atoms with Crippen LogP contribution in [0, 0.1) is 0 Å². The molecule has 5 heteroatoms. The maximum absolute atomic E-state index is 13.6. The molecule has 0 aliphatic carbocycles. The van der Waals surface area contributed by atoms with Gasteiger partial charge in [-0.05, 0) is 0 Å². The van der Waals surface area contributed by atoms with E-state index in [1.165, 1.54) is 0 Å². The number of pyridine rings is 1. The molecule has 4 nitrogen and oxygen atoms in total. The van der Waals surface area contributed by atoms with Crippen molar-refractivity contribution in [2.24, 2.45) is 0 Å². The van der Waals surface area contributed by atoms with E-state index in [9.17, 15) is 4.79 Å². The van der Waals surface area contributed by atoms with Gasteiger partial charge in [0, 0.05) is 0 Å². The minimum absolute atomic E-state index is 0.153. The van der Waals surface area contributed by atoms with Gasteiger partial charge in [0.2, 0.25) is 0 Å². The van der Waals surface area contributed by atoms with Gasteiger partial charge in [0.25, 0.3) is 0 Å². The van der Waals surface area contributed by atoms with Gasteiger partial charge in [-0.25, -0.2) is 0 Å². The summed E-state index contributed by atoms with van der Waals surface area (Å²) in [4.78, 5) is 18.3. The number of methoxy groups -OCH3 is 1. The van der Waals surface area contributed by atoms with Crippen molar-refractivity contribution in [3.05, 3.63) is 108 Å². The minimum atomic E-state index is -0.322. The molecule has 0 fully saturated rings.